The Kier molecular flexibility index (Phi) is 4.11. The Morgan fingerprint density at radius 3 is 2.95 bits per heavy atom. The van der Waals surface area contributed by atoms with Crippen molar-refractivity contribution in [2.75, 3.05) is 11.9 Å². The van der Waals surface area contributed by atoms with Gasteiger partial charge in [0.1, 0.15) is 5.82 Å². The van der Waals surface area contributed by atoms with Crippen LogP contribution in [0.25, 0.3) is 0 Å². The Morgan fingerprint density at radius 2 is 2.32 bits per heavy atom. The molecule has 100 valence electrons. The molecule has 0 aliphatic rings. The van der Waals surface area contributed by atoms with Crippen molar-refractivity contribution in [2.24, 2.45) is 0 Å². The van der Waals surface area contributed by atoms with Gasteiger partial charge in [-0.1, -0.05) is 6.07 Å². The molecule has 0 bridgehead atoms. The third-order valence-corrected chi connectivity index (χ3v) is 3.50. The first kappa shape index (κ1) is 13.5. The highest BCUT2D eigenvalue weighted by molar-refractivity contribution is 7.13. The number of rotatable bonds is 5. The van der Waals surface area contributed by atoms with Gasteiger partial charge in [0, 0.05) is 11.9 Å². The monoisotopic (exact) mass is 280 g/mol. The Labute approximate surface area is 113 Å². The number of halogens is 1. The van der Waals surface area contributed by atoms with E-state index >= 15 is 0 Å². The number of anilines is 1. The van der Waals surface area contributed by atoms with Gasteiger partial charge in [0.05, 0.1) is 0 Å². The molecule has 4 nitrogen and oxygen atoms in total. The molecule has 0 amide bonds. The molecular weight excluding hydrogens is 267 g/mol. The molecular formula is C13H13FN2O2S. The molecule has 0 spiro atoms. The fourth-order valence-electron chi connectivity index (χ4n) is 1.70. The number of nitrogens with one attached hydrogen (secondary N) is 1. The number of carboxylic acid groups (broad SMARTS) is 1. The number of aromatic carboxylic acids is 1. The number of nitrogens with zero attached hydrogens (tertiary/aromatic N) is 1. The maximum atomic E-state index is 12.9. The molecule has 0 aliphatic carbocycles. The zero-order valence-corrected chi connectivity index (χ0v) is 11.1. The van der Waals surface area contributed by atoms with E-state index in [2.05, 4.69) is 10.3 Å². The minimum absolute atomic E-state index is 0.0467. The van der Waals surface area contributed by atoms with Crippen LogP contribution in [0.1, 0.15) is 21.6 Å². The van der Waals surface area contributed by atoms with Crippen LogP contribution in [0, 0.1) is 12.7 Å². The van der Waals surface area contributed by atoms with Crippen LogP contribution in [-0.2, 0) is 6.42 Å². The quantitative estimate of drug-likeness (QED) is 0.884. The summed E-state index contributed by atoms with van der Waals surface area (Å²) in [5.41, 5.74) is 2.02. The summed E-state index contributed by atoms with van der Waals surface area (Å²) in [5.74, 6) is -1.26. The molecule has 6 heteroatoms. The molecule has 0 fully saturated rings. The molecule has 0 radical (unpaired) electrons. The standard InChI is InChI=1S/C13H13FN2O2S/c1-8-6-10(14)3-2-9(8)4-5-15-13-16-11(7-19-13)12(17)18/h2-3,6-7H,4-5H2,1H3,(H,15,16)(H,17,18). The van der Waals surface area contributed by atoms with Crippen molar-refractivity contribution in [2.45, 2.75) is 13.3 Å². The van der Waals surface area contributed by atoms with Gasteiger partial charge in [0.15, 0.2) is 10.8 Å². The van der Waals surface area contributed by atoms with Gasteiger partial charge < -0.3 is 10.4 Å². The van der Waals surface area contributed by atoms with Crippen molar-refractivity contribution < 1.29 is 14.3 Å². The van der Waals surface area contributed by atoms with E-state index in [9.17, 15) is 9.18 Å². The summed E-state index contributed by atoms with van der Waals surface area (Å²) in [7, 11) is 0. The second kappa shape index (κ2) is 5.79. The van der Waals surface area contributed by atoms with Crippen molar-refractivity contribution in [3.05, 3.63) is 46.2 Å². The Bertz CT molecular complexity index is 598. The number of aryl methyl sites for hydroxylation is 1. The van der Waals surface area contributed by atoms with Crippen LogP contribution in [0.15, 0.2) is 23.6 Å². The minimum atomic E-state index is -1.03. The van der Waals surface area contributed by atoms with Gasteiger partial charge in [-0.15, -0.1) is 11.3 Å². The lowest BCUT2D eigenvalue weighted by atomic mass is 10.1. The summed E-state index contributed by atoms with van der Waals surface area (Å²) >= 11 is 1.26. The molecule has 2 aromatic rings. The second-order valence-electron chi connectivity index (χ2n) is 4.09. The fourth-order valence-corrected chi connectivity index (χ4v) is 2.41. The molecule has 2 N–H and O–H groups in total. The molecule has 1 heterocycles. The third-order valence-electron chi connectivity index (χ3n) is 2.70. The molecule has 19 heavy (non-hydrogen) atoms. The van der Waals surface area contributed by atoms with E-state index in [1.165, 1.54) is 28.8 Å². The third kappa shape index (κ3) is 3.51. The average molecular weight is 280 g/mol. The van der Waals surface area contributed by atoms with Crippen molar-refractivity contribution in [1.29, 1.82) is 0 Å². The highest BCUT2D eigenvalue weighted by Gasteiger charge is 2.08. The summed E-state index contributed by atoms with van der Waals surface area (Å²) in [6, 6.07) is 4.70. The Hall–Kier alpha value is -1.95. The van der Waals surface area contributed by atoms with Crippen molar-refractivity contribution in [1.82, 2.24) is 4.98 Å². The first-order chi connectivity index (χ1) is 9.06. The molecule has 1 aromatic heterocycles. The van der Waals surface area contributed by atoms with Crippen molar-refractivity contribution in [3.63, 3.8) is 0 Å². The van der Waals surface area contributed by atoms with E-state index in [4.69, 9.17) is 5.11 Å². The summed E-state index contributed by atoms with van der Waals surface area (Å²) < 4.78 is 12.9. The molecule has 0 saturated carbocycles. The highest BCUT2D eigenvalue weighted by Crippen LogP contribution is 2.16. The zero-order chi connectivity index (χ0) is 13.8. The van der Waals surface area contributed by atoms with E-state index < -0.39 is 5.97 Å². The topological polar surface area (TPSA) is 62.2 Å². The predicted octanol–water partition coefficient (Wildman–Crippen LogP) is 2.94. The fraction of sp³-hybridized carbons (Fsp3) is 0.231. The average Bonchev–Trinajstić information content (AvgIpc) is 2.81. The first-order valence-electron chi connectivity index (χ1n) is 5.74. The number of benzene rings is 1. The largest absolute Gasteiger partial charge is 0.476 e. The van der Waals surface area contributed by atoms with E-state index in [1.54, 1.807) is 6.07 Å². The number of carboxylic acids is 1. The maximum absolute atomic E-state index is 12.9. The Balaban J connectivity index is 1.90. The predicted molar refractivity (Wildman–Crippen MR) is 72.4 cm³/mol. The number of aromatic nitrogens is 1. The van der Waals surface area contributed by atoms with Crippen LogP contribution in [-0.4, -0.2) is 22.6 Å². The second-order valence-corrected chi connectivity index (χ2v) is 4.95. The van der Waals surface area contributed by atoms with Crippen molar-refractivity contribution in [3.8, 4) is 0 Å². The molecule has 1 aromatic carbocycles. The number of carbonyl (C=O) groups is 1. The van der Waals surface area contributed by atoms with Crippen LogP contribution in [0.3, 0.4) is 0 Å². The van der Waals surface area contributed by atoms with E-state index in [0.717, 1.165) is 17.5 Å². The maximum Gasteiger partial charge on any atom is 0.355 e. The SMILES string of the molecule is Cc1cc(F)ccc1CCNc1nc(C(=O)O)cs1. The highest BCUT2D eigenvalue weighted by atomic mass is 32.1. The normalized spacial score (nSPS) is 10.4. The van der Waals surface area contributed by atoms with Crippen LogP contribution >= 0.6 is 11.3 Å². The molecule has 0 unspecified atom stereocenters. The van der Waals surface area contributed by atoms with Crippen LogP contribution < -0.4 is 5.32 Å². The number of thiazole rings is 1. The van der Waals surface area contributed by atoms with Gasteiger partial charge in [-0.05, 0) is 36.6 Å². The molecule has 2 rings (SSSR count). The Morgan fingerprint density at radius 1 is 1.53 bits per heavy atom. The van der Waals surface area contributed by atoms with Gasteiger partial charge in [-0.2, -0.15) is 0 Å². The summed E-state index contributed by atoms with van der Waals surface area (Å²) in [4.78, 5) is 14.6. The lowest BCUT2D eigenvalue weighted by Crippen LogP contribution is -2.06. The smallest absolute Gasteiger partial charge is 0.355 e. The molecule has 0 atom stereocenters. The van der Waals surface area contributed by atoms with E-state index in [0.29, 0.717) is 11.7 Å². The van der Waals surface area contributed by atoms with Gasteiger partial charge in [-0.3, -0.25) is 0 Å². The van der Waals surface area contributed by atoms with Crippen LogP contribution in [0.4, 0.5) is 9.52 Å². The van der Waals surface area contributed by atoms with Crippen LogP contribution in [0.5, 0.6) is 0 Å². The first-order valence-corrected chi connectivity index (χ1v) is 6.62. The molecule has 0 saturated heterocycles. The van der Waals surface area contributed by atoms with Crippen LogP contribution in [0.2, 0.25) is 0 Å². The number of hydrogen-bond acceptors (Lipinski definition) is 4. The lowest BCUT2D eigenvalue weighted by molar-refractivity contribution is 0.0691. The van der Waals surface area contributed by atoms with Gasteiger partial charge in [0.2, 0.25) is 0 Å². The summed E-state index contributed by atoms with van der Waals surface area (Å²) in [6.07, 6.45) is 0.730. The summed E-state index contributed by atoms with van der Waals surface area (Å²) in [5, 5.41) is 13.9. The molecule has 0 aliphatic heterocycles. The van der Waals surface area contributed by atoms with Gasteiger partial charge >= 0.3 is 5.97 Å². The zero-order valence-electron chi connectivity index (χ0n) is 10.3. The number of hydrogen-bond donors (Lipinski definition) is 2. The van der Waals surface area contributed by atoms with Gasteiger partial charge in [0.25, 0.3) is 0 Å². The van der Waals surface area contributed by atoms with E-state index in [1.807, 2.05) is 6.92 Å². The van der Waals surface area contributed by atoms with Crippen molar-refractivity contribution >= 4 is 22.4 Å². The van der Waals surface area contributed by atoms with E-state index in [-0.39, 0.29) is 11.5 Å². The summed E-state index contributed by atoms with van der Waals surface area (Å²) in [6.45, 7) is 2.49. The minimum Gasteiger partial charge on any atom is -0.476 e. The lowest BCUT2D eigenvalue weighted by Gasteiger charge is -2.06. The van der Waals surface area contributed by atoms with Gasteiger partial charge in [-0.25, -0.2) is 14.2 Å².